The molecule has 0 unspecified atom stereocenters. The first-order valence-electron chi connectivity index (χ1n) is 17.7. The highest BCUT2D eigenvalue weighted by molar-refractivity contribution is 7.66. The highest BCUT2D eigenvalue weighted by Crippen LogP contribution is 2.69. The van der Waals surface area contributed by atoms with E-state index in [0.717, 1.165) is 44.1 Å². The van der Waals surface area contributed by atoms with Gasteiger partial charge in [0, 0.05) is 54.9 Å². The molecular formula is C44H56N2O2P2. The van der Waals surface area contributed by atoms with E-state index in [2.05, 4.69) is 189 Å². The van der Waals surface area contributed by atoms with E-state index in [-0.39, 0.29) is 20.6 Å². The fraction of sp³-hybridized carbons (Fsp3) is 0.364. The summed E-state index contributed by atoms with van der Waals surface area (Å²) in [5, 5.41) is 0.939. The lowest BCUT2D eigenvalue weighted by Gasteiger charge is -2.42. The highest BCUT2D eigenvalue weighted by Gasteiger charge is 2.49. The predicted octanol–water partition coefficient (Wildman–Crippen LogP) is 14.1. The number of hydrogen-bond acceptors (Lipinski definition) is 2. The molecule has 0 amide bonds. The van der Waals surface area contributed by atoms with Crippen molar-refractivity contribution in [2.24, 2.45) is 0 Å². The third kappa shape index (κ3) is 6.40. The van der Waals surface area contributed by atoms with Crippen molar-refractivity contribution in [1.29, 1.82) is 0 Å². The molecule has 264 valence electrons. The molecule has 0 aliphatic rings. The lowest BCUT2D eigenvalue weighted by atomic mass is 10.0. The van der Waals surface area contributed by atoms with Crippen LogP contribution in [0.15, 0.2) is 122 Å². The maximum atomic E-state index is 14.5. The summed E-state index contributed by atoms with van der Waals surface area (Å²) < 4.78 is 33.1. The summed E-state index contributed by atoms with van der Waals surface area (Å²) >= 11 is 0. The minimum Gasteiger partial charge on any atom is -0.299 e. The number of aromatic nitrogens is 2. The van der Waals surface area contributed by atoms with Crippen LogP contribution in [0.1, 0.15) is 83.1 Å². The van der Waals surface area contributed by atoms with Crippen molar-refractivity contribution in [3.8, 4) is 22.3 Å². The van der Waals surface area contributed by atoms with Gasteiger partial charge in [-0.05, 0) is 23.3 Å². The summed E-state index contributed by atoms with van der Waals surface area (Å²) in [4.78, 5) is 0. The van der Waals surface area contributed by atoms with Crippen molar-refractivity contribution < 1.29 is 9.13 Å². The van der Waals surface area contributed by atoms with Crippen LogP contribution in [-0.4, -0.2) is 29.3 Å². The Morgan fingerprint density at radius 2 is 0.680 bits per heavy atom. The van der Waals surface area contributed by atoms with Gasteiger partial charge in [-0.15, -0.1) is 0 Å². The molecule has 2 aromatic heterocycles. The van der Waals surface area contributed by atoms with E-state index in [9.17, 15) is 9.13 Å². The van der Waals surface area contributed by atoms with Crippen LogP contribution in [0, 0.1) is 0 Å². The zero-order chi connectivity index (χ0) is 36.9. The molecule has 0 atom stereocenters. The molecule has 0 spiro atoms. The van der Waals surface area contributed by atoms with Gasteiger partial charge in [0.25, 0.3) is 0 Å². The van der Waals surface area contributed by atoms with Crippen LogP contribution in [-0.2, 0) is 9.13 Å². The Morgan fingerprint density at radius 1 is 0.380 bits per heavy atom. The third-order valence-corrected chi connectivity index (χ3v) is 19.0. The van der Waals surface area contributed by atoms with Crippen LogP contribution in [0.2, 0.25) is 0 Å². The Morgan fingerprint density at radius 3 is 0.960 bits per heavy atom. The van der Waals surface area contributed by atoms with Crippen molar-refractivity contribution in [2.75, 3.05) is 0 Å². The fourth-order valence-electron chi connectivity index (χ4n) is 7.83. The number of benzene rings is 4. The maximum absolute atomic E-state index is 14.5. The summed E-state index contributed by atoms with van der Waals surface area (Å²) in [7, 11) is -5.54. The Hall–Kier alpha value is -3.58. The highest BCUT2D eigenvalue weighted by atomic mass is 31.2. The van der Waals surface area contributed by atoms with E-state index in [0.29, 0.717) is 0 Å². The number of hydrogen-bond donors (Lipinski definition) is 0. The minimum atomic E-state index is -2.77. The Kier molecular flexibility index (Phi) is 9.94. The van der Waals surface area contributed by atoms with E-state index in [4.69, 9.17) is 0 Å². The van der Waals surface area contributed by atoms with E-state index >= 15 is 0 Å². The molecule has 0 aliphatic heterocycles. The number of para-hydroxylation sites is 2. The smallest absolute Gasteiger partial charge is 0.186 e. The van der Waals surface area contributed by atoms with Crippen LogP contribution in [0.3, 0.4) is 0 Å². The molecule has 6 aromatic rings. The third-order valence-electron chi connectivity index (χ3n) is 9.80. The molecule has 6 heteroatoms. The van der Waals surface area contributed by atoms with Gasteiger partial charge in [-0.25, -0.2) is 0 Å². The van der Waals surface area contributed by atoms with Gasteiger partial charge in [-0.1, -0.05) is 180 Å². The minimum absolute atomic E-state index is 0.332. The zero-order valence-electron chi connectivity index (χ0n) is 32.2. The van der Waals surface area contributed by atoms with E-state index < -0.39 is 14.6 Å². The van der Waals surface area contributed by atoms with E-state index in [1.54, 1.807) is 0 Å². The molecule has 0 bridgehead atoms. The van der Waals surface area contributed by atoms with Crippen LogP contribution in [0.5, 0.6) is 0 Å². The van der Waals surface area contributed by atoms with Gasteiger partial charge >= 0.3 is 0 Å². The Balaban J connectivity index is 0.000000194. The first-order valence-corrected chi connectivity index (χ1v) is 21.0. The summed E-state index contributed by atoms with van der Waals surface area (Å²) in [6, 6.07) is 37.5. The second-order valence-electron chi connectivity index (χ2n) is 17.4. The Labute approximate surface area is 300 Å². The van der Waals surface area contributed by atoms with Crippen LogP contribution >= 0.6 is 14.6 Å². The first-order chi connectivity index (χ1) is 23.1. The second kappa shape index (κ2) is 13.2. The topological polar surface area (TPSA) is 44.0 Å². The van der Waals surface area contributed by atoms with Crippen LogP contribution in [0.4, 0.5) is 0 Å². The van der Waals surface area contributed by atoms with Crippen LogP contribution in [0.25, 0.3) is 44.1 Å². The van der Waals surface area contributed by atoms with Gasteiger partial charge in [0.2, 0.25) is 0 Å². The average Bonchev–Trinajstić information content (AvgIpc) is 3.68. The Bertz CT molecular complexity index is 2000. The summed E-state index contributed by atoms with van der Waals surface area (Å²) in [5.41, 5.74) is 6.72. The summed E-state index contributed by atoms with van der Waals surface area (Å²) in [5.74, 6) is 0. The quantitative estimate of drug-likeness (QED) is 0.171. The molecule has 0 saturated carbocycles. The second-order valence-corrected chi connectivity index (χ2v) is 25.9. The SMILES string of the molecule is CC(C)(C)P(=O)(n1ccc2cccc(-c3ccccc3)c21)C(C)(C)C.CC(C)(C)P(=O)(n1ccc2cccc(-c3ccccc3)c21)C(C)(C)C. The van der Waals surface area contributed by atoms with Crippen molar-refractivity contribution in [1.82, 2.24) is 8.68 Å². The van der Waals surface area contributed by atoms with Crippen molar-refractivity contribution in [2.45, 2.75) is 104 Å². The van der Waals surface area contributed by atoms with Gasteiger partial charge < -0.3 is 0 Å². The van der Waals surface area contributed by atoms with Gasteiger partial charge in [0.05, 0.1) is 11.0 Å². The van der Waals surface area contributed by atoms with Gasteiger partial charge in [0.1, 0.15) is 0 Å². The first kappa shape index (κ1) is 37.7. The molecular weight excluding hydrogens is 650 g/mol. The predicted molar refractivity (Wildman–Crippen MR) is 220 cm³/mol. The molecule has 0 aliphatic carbocycles. The molecule has 4 aromatic carbocycles. The summed E-state index contributed by atoms with van der Waals surface area (Å²) in [6.45, 7) is 25.1. The molecule has 0 saturated heterocycles. The lowest BCUT2D eigenvalue weighted by Crippen LogP contribution is -2.32. The monoisotopic (exact) mass is 706 g/mol. The van der Waals surface area contributed by atoms with Crippen molar-refractivity contribution in [3.63, 3.8) is 0 Å². The van der Waals surface area contributed by atoms with E-state index in [1.807, 2.05) is 24.5 Å². The lowest BCUT2D eigenvalue weighted by molar-refractivity contribution is 0.509. The van der Waals surface area contributed by atoms with Gasteiger partial charge in [-0.2, -0.15) is 0 Å². The van der Waals surface area contributed by atoms with Crippen molar-refractivity contribution in [3.05, 3.63) is 122 Å². The maximum Gasteiger partial charge on any atom is 0.186 e. The number of nitrogens with zero attached hydrogens (tertiary/aromatic N) is 2. The van der Waals surface area contributed by atoms with Gasteiger partial charge in [0.15, 0.2) is 14.6 Å². The molecule has 0 fully saturated rings. The van der Waals surface area contributed by atoms with E-state index in [1.165, 1.54) is 0 Å². The number of fused-ring (bicyclic) bond motifs is 2. The molecule has 2 heterocycles. The molecule has 6 rings (SSSR count). The fourth-order valence-corrected chi connectivity index (χ4v) is 16.0. The van der Waals surface area contributed by atoms with Crippen molar-refractivity contribution >= 4 is 36.4 Å². The molecule has 50 heavy (non-hydrogen) atoms. The normalized spacial score (nSPS) is 13.4. The van der Waals surface area contributed by atoms with Gasteiger partial charge in [-0.3, -0.25) is 17.8 Å². The number of rotatable bonds is 4. The standard InChI is InChI=1S/2C22H28NOP/c2*1-21(2,3)25(24,22(4,5)6)23-16-15-18-13-10-14-19(20(18)23)17-11-8-7-9-12-17/h2*7-16H,1-6H3. The summed E-state index contributed by atoms with van der Waals surface area (Å²) in [6.07, 6.45) is 4.04. The largest absolute Gasteiger partial charge is 0.299 e. The molecule has 4 nitrogen and oxygen atoms in total. The van der Waals surface area contributed by atoms with Crippen LogP contribution < -0.4 is 0 Å². The molecule has 0 radical (unpaired) electrons. The zero-order valence-corrected chi connectivity index (χ0v) is 33.9. The average molecular weight is 707 g/mol. The molecule has 0 N–H and O–H groups in total.